The van der Waals surface area contributed by atoms with Gasteiger partial charge in [0.2, 0.25) is 21.8 Å². The van der Waals surface area contributed by atoms with Crippen LogP contribution in [0.2, 0.25) is 0 Å². The van der Waals surface area contributed by atoms with Crippen molar-refractivity contribution in [3.8, 4) is 0 Å². The van der Waals surface area contributed by atoms with Gasteiger partial charge >= 0.3 is 5.97 Å². The number of hydrogen-bond acceptors (Lipinski definition) is 10. The molecule has 12 nitrogen and oxygen atoms in total. The highest BCUT2D eigenvalue weighted by molar-refractivity contribution is 8.00. The van der Waals surface area contributed by atoms with Crippen molar-refractivity contribution in [2.45, 2.75) is 41.6 Å². The highest BCUT2D eigenvalue weighted by Gasteiger charge is 2.39. The molecule has 3 aromatic rings. The van der Waals surface area contributed by atoms with Crippen molar-refractivity contribution in [3.63, 3.8) is 0 Å². The van der Waals surface area contributed by atoms with Gasteiger partial charge in [0.05, 0.1) is 18.8 Å². The molecule has 1 aliphatic heterocycles. The van der Waals surface area contributed by atoms with E-state index >= 15 is 0 Å². The normalized spacial score (nSPS) is 18.1. The van der Waals surface area contributed by atoms with Crippen LogP contribution in [0.15, 0.2) is 52.2 Å². The third-order valence-corrected chi connectivity index (χ3v) is 10.5. The minimum atomic E-state index is -3.84. The van der Waals surface area contributed by atoms with E-state index in [1.54, 1.807) is 17.6 Å². The number of carboxylic acids is 1. The Labute approximate surface area is 244 Å². The van der Waals surface area contributed by atoms with Crippen molar-refractivity contribution in [1.82, 2.24) is 19.9 Å². The lowest BCUT2D eigenvalue weighted by Gasteiger charge is -2.39. The maximum atomic E-state index is 13.7. The van der Waals surface area contributed by atoms with Gasteiger partial charge in [0.25, 0.3) is 0 Å². The first kappa shape index (κ1) is 30.6. The summed E-state index contributed by atoms with van der Waals surface area (Å²) >= 11 is 1.89. The number of likely N-dealkylation sites (tertiary alicyclic amines) is 1. The molecule has 0 saturated carbocycles. The Balaban J connectivity index is 1.54. The van der Waals surface area contributed by atoms with Crippen molar-refractivity contribution in [3.05, 3.63) is 53.5 Å². The predicted octanol–water partition coefficient (Wildman–Crippen LogP) is 0.251. The molecular formula is C26H29N4O8S3-. The van der Waals surface area contributed by atoms with Crippen molar-refractivity contribution in [2.24, 2.45) is 0 Å². The number of esters is 1. The van der Waals surface area contributed by atoms with Gasteiger partial charge < -0.3 is 29.8 Å². The Morgan fingerprint density at radius 3 is 2.68 bits per heavy atom. The number of hydrogen-bond donors (Lipinski definition) is 3. The number of fused-ring (bicyclic) bond motifs is 1. The average molecular weight is 622 g/mol. The van der Waals surface area contributed by atoms with E-state index in [0.717, 1.165) is 39.6 Å². The van der Waals surface area contributed by atoms with Crippen molar-refractivity contribution >= 4 is 67.8 Å². The molecule has 1 saturated heterocycles. The SMILES string of the molecule is COC(=O)[C@@H](Cc1c[nH]c2ccccc12)NC(=O)[C@@H]1C[C@@H](NS(=O)(=O)c2cccs2)CCN1C(=O)CSCC(=O)[O-]. The predicted molar refractivity (Wildman–Crippen MR) is 151 cm³/mol. The Morgan fingerprint density at radius 1 is 1.20 bits per heavy atom. The lowest BCUT2D eigenvalue weighted by Crippen LogP contribution is -2.59. The van der Waals surface area contributed by atoms with Crippen LogP contribution in [-0.2, 0) is 40.4 Å². The minimum Gasteiger partial charge on any atom is -0.549 e. The van der Waals surface area contributed by atoms with Gasteiger partial charge in [-0.15, -0.1) is 23.1 Å². The number of para-hydroxylation sites is 1. The lowest BCUT2D eigenvalue weighted by atomic mass is 9.96. The van der Waals surface area contributed by atoms with E-state index < -0.39 is 57.7 Å². The quantitative estimate of drug-likeness (QED) is 0.239. The summed E-state index contributed by atoms with van der Waals surface area (Å²) < 4.78 is 33.4. The van der Waals surface area contributed by atoms with Gasteiger partial charge in [-0.3, -0.25) is 9.59 Å². The summed E-state index contributed by atoms with van der Waals surface area (Å²) in [6, 6.07) is 7.70. The number of carbonyl (C=O) groups excluding carboxylic acids is 4. The molecule has 3 N–H and O–H groups in total. The molecule has 2 amide bonds. The number of piperidine rings is 1. The van der Waals surface area contributed by atoms with Crippen LogP contribution >= 0.6 is 23.1 Å². The standard InChI is InChI=1S/C26H30N4O8S3/c1-38-26(35)20(11-16-13-27-19-6-3-2-5-18(16)19)28-25(34)21-12-17(29-41(36,37)24-7-4-10-40-24)8-9-30(21)22(31)14-39-15-23(32)33/h2-7,10,13,17,20-21,27,29H,8-9,11-12,14-15H2,1H3,(H,28,34)(H,32,33)/p-1/t17-,20+,21-/m0/s1. The molecule has 3 heterocycles. The van der Waals surface area contributed by atoms with Crippen molar-refractivity contribution in [2.75, 3.05) is 25.2 Å². The highest BCUT2D eigenvalue weighted by Crippen LogP contribution is 2.24. The Kier molecular flexibility index (Phi) is 10.1. The number of sulfonamides is 1. The lowest BCUT2D eigenvalue weighted by molar-refractivity contribution is -0.301. The fourth-order valence-corrected chi connectivity index (χ4v) is 7.64. The zero-order valence-corrected chi connectivity index (χ0v) is 24.5. The number of aromatic nitrogens is 1. The zero-order chi connectivity index (χ0) is 29.6. The number of benzene rings is 1. The molecule has 220 valence electrons. The smallest absolute Gasteiger partial charge is 0.328 e. The number of aromatic amines is 1. The van der Waals surface area contributed by atoms with Crippen molar-refractivity contribution < 1.29 is 37.4 Å². The number of aliphatic carboxylic acids is 1. The Bertz CT molecular complexity index is 1510. The molecule has 4 rings (SSSR count). The zero-order valence-electron chi connectivity index (χ0n) is 22.0. The number of carboxylic acid groups (broad SMARTS) is 1. The van der Waals surface area contributed by atoms with E-state index in [4.69, 9.17) is 4.74 Å². The van der Waals surface area contributed by atoms with Crippen LogP contribution < -0.4 is 15.1 Å². The molecule has 15 heteroatoms. The molecule has 1 aliphatic rings. The molecule has 0 radical (unpaired) electrons. The number of rotatable bonds is 12. The molecule has 0 unspecified atom stereocenters. The summed E-state index contributed by atoms with van der Waals surface area (Å²) in [5.41, 5.74) is 1.63. The Hall–Kier alpha value is -3.40. The van der Waals surface area contributed by atoms with E-state index in [9.17, 15) is 32.7 Å². The van der Waals surface area contributed by atoms with Gasteiger partial charge in [0, 0.05) is 41.9 Å². The van der Waals surface area contributed by atoms with Gasteiger partial charge in [-0.25, -0.2) is 17.9 Å². The number of nitrogens with zero attached hydrogens (tertiary/aromatic N) is 1. The summed E-state index contributed by atoms with van der Waals surface area (Å²) in [5.74, 6) is -3.75. The number of nitrogens with one attached hydrogen (secondary N) is 3. The topological polar surface area (TPSA) is 178 Å². The van der Waals surface area contributed by atoms with Gasteiger partial charge in [-0.05, 0) is 35.9 Å². The summed E-state index contributed by atoms with van der Waals surface area (Å²) in [6.45, 7) is 0.0474. The van der Waals surface area contributed by atoms with Crippen LogP contribution in [0, 0.1) is 0 Å². The minimum absolute atomic E-state index is 0.0473. The number of methoxy groups -OCH3 is 1. The van der Waals surface area contributed by atoms with Gasteiger partial charge in [-0.2, -0.15) is 0 Å². The van der Waals surface area contributed by atoms with E-state index in [1.165, 1.54) is 18.1 Å². The average Bonchev–Trinajstić information content (AvgIpc) is 3.63. The number of ether oxygens (including phenoxy) is 1. The molecule has 0 aliphatic carbocycles. The van der Waals surface area contributed by atoms with Gasteiger partial charge in [-0.1, -0.05) is 24.3 Å². The second-order valence-corrected chi connectivity index (χ2v) is 13.3. The van der Waals surface area contributed by atoms with Crippen LogP contribution in [0.1, 0.15) is 18.4 Å². The summed E-state index contributed by atoms with van der Waals surface area (Å²) in [5, 5.41) is 16.0. The van der Waals surface area contributed by atoms with Crippen LogP contribution in [0.5, 0.6) is 0 Å². The summed E-state index contributed by atoms with van der Waals surface area (Å²) in [6.07, 6.45) is 2.04. The summed E-state index contributed by atoms with van der Waals surface area (Å²) in [7, 11) is -2.64. The fraction of sp³-hybridized carbons (Fsp3) is 0.385. The van der Waals surface area contributed by atoms with E-state index in [-0.39, 0.29) is 35.8 Å². The number of thioether (sulfide) groups is 1. The largest absolute Gasteiger partial charge is 0.549 e. The molecule has 1 fully saturated rings. The second-order valence-electron chi connectivity index (χ2n) is 9.39. The number of carbonyl (C=O) groups is 4. The van der Waals surface area contributed by atoms with Crippen LogP contribution in [-0.4, -0.2) is 85.3 Å². The summed E-state index contributed by atoms with van der Waals surface area (Å²) in [4.78, 5) is 54.6. The van der Waals surface area contributed by atoms with E-state index in [1.807, 2.05) is 24.3 Å². The van der Waals surface area contributed by atoms with Gasteiger partial charge in [0.15, 0.2) is 0 Å². The first-order valence-corrected chi connectivity index (χ1v) is 16.2. The fourth-order valence-electron chi connectivity index (χ4n) is 4.74. The second kappa shape index (κ2) is 13.5. The molecular weight excluding hydrogens is 593 g/mol. The van der Waals surface area contributed by atoms with Crippen LogP contribution in [0.25, 0.3) is 10.9 Å². The monoisotopic (exact) mass is 621 g/mol. The number of thiophene rings is 1. The molecule has 1 aromatic carbocycles. The molecule has 3 atom stereocenters. The first-order valence-electron chi connectivity index (χ1n) is 12.6. The third kappa shape index (κ3) is 7.67. The maximum Gasteiger partial charge on any atom is 0.328 e. The number of amides is 2. The van der Waals surface area contributed by atoms with Gasteiger partial charge in [0.1, 0.15) is 16.3 Å². The van der Waals surface area contributed by atoms with E-state index in [0.29, 0.717) is 0 Å². The maximum absolute atomic E-state index is 13.7. The van der Waals surface area contributed by atoms with Crippen LogP contribution in [0.4, 0.5) is 0 Å². The van der Waals surface area contributed by atoms with Crippen molar-refractivity contribution in [1.29, 1.82) is 0 Å². The van der Waals surface area contributed by atoms with Crippen LogP contribution in [0.3, 0.4) is 0 Å². The third-order valence-electron chi connectivity index (χ3n) is 6.65. The number of H-pyrrole nitrogens is 1. The molecule has 41 heavy (non-hydrogen) atoms. The molecule has 0 spiro atoms. The Morgan fingerprint density at radius 2 is 1.98 bits per heavy atom. The van der Waals surface area contributed by atoms with E-state index in [2.05, 4.69) is 15.0 Å². The first-order chi connectivity index (χ1) is 19.6. The molecule has 0 bridgehead atoms. The highest BCUT2D eigenvalue weighted by atomic mass is 32.2. The molecule has 2 aromatic heterocycles.